The van der Waals surface area contributed by atoms with Crippen molar-refractivity contribution < 1.29 is 14.6 Å². The normalized spacial score (nSPS) is 18.7. The van der Waals surface area contributed by atoms with Gasteiger partial charge < -0.3 is 24.8 Å². The fraction of sp³-hybridized carbons (Fsp3) is 0.458. The number of para-hydroxylation sites is 1. The third-order valence-electron chi connectivity index (χ3n) is 6.18. The minimum absolute atomic E-state index is 0.236. The second kappa shape index (κ2) is 9.83. The molecule has 0 aromatic heterocycles. The van der Waals surface area contributed by atoms with Crippen LogP contribution in [0.5, 0.6) is 5.75 Å². The lowest BCUT2D eigenvalue weighted by Crippen LogP contribution is -2.25. The third-order valence-corrected chi connectivity index (χ3v) is 7.08. The SMILES string of the molecule is CCN(CC)CCCNc1ccccc1SNc1ccc2c(c1C(=O)O)OCC1CC21. The van der Waals surface area contributed by atoms with Crippen molar-refractivity contribution in [2.24, 2.45) is 5.92 Å². The highest BCUT2D eigenvalue weighted by atomic mass is 32.2. The van der Waals surface area contributed by atoms with Crippen LogP contribution in [0.15, 0.2) is 41.3 Å². The Labute approximate surface area is 188 Å². The molecule has 1 fully saturated rings. The van der Waals surface area contributed by atoms with Crippen molar-refractivity contribution in [2.45, 2.75) is 37.5 Å². The predicted molar refractivity (Wildman–Crippen MR) is 127 cm³/mol. The van der Waals surface area contributed by atoms with Crippen LogP contribution in [-0.2, 0) is 0 Å². The number of benzene rings is 2. The summed E-state index contributed by atoms with van der Waals surface area (Å²) < 4.78 is 9.11. The second-order valence-corrected chi connectivity index (χ2v) is 8.98. The lowest BCUT2D eigenvalue weighted by molar-refractivity contribution is 0.0692. The number of nitrogens with zero attached hydrogens (tertiary/aromatic N) is 1. The van der Waals surface area contributed by atoms with Crippen molar-refractivity contribution in [3.63, 3.8) is 0 Å². The van der Waals surface area contributed by atoms with Gasteiger partial charge in [0.25, 0.3) is 0 Å². The summed E-state index contributed by atoms with van der Waals surface area (Å²) in [6.45, 7) is 9.11. The maximum atomic E-state index is 12.0. The van der Waals surface area contributed by atoms with Crippen molar-refractivity contribution in [1.29, 1.82) is 0 Å². The quantitative estimate of drug-likeness (QED) is 0.329. The van der Waals surface area contributed by atoms with E-state index in [1.165, 1.54) is 11.9 Å². The molecule has 1 aliphatic heterocycles. The Morgan fingerprint density at radius 1 is 1.19 bits per heavy atom. The summed E-state index contributed by atoms with van der Waals surface area (Å²) in [7, 11) is 0. The number of hydrogen-bond donors (Lipinski definition) is 3. The Balaban J connectivity index is 1.42. The monoisotopic (exact) mass is 441 g/mol. The largest absolute Gasteiger partial charge is 0.492 e. The van der Waals surface area contributed by atoms with Gasteiger partial charge in [-0.3, -0.25) is 0 Å². The van der Waals surface area contributed by atoms with Gasteiger partial charge in [-0.1, -0.05) is 32.0 Å². The number of fused-ring (bicyclic) bond motifs is 3. The zero-order valence-electron chi connectivity index (χ0n) is 18.2. The number of carbonyl (C=O) groups is 1. The maximum Gasteiger partial charge on any atom is 0.341 e. The molecule has 31 heavy (non-hydrogen) atoms. The molecule has 4 rings (SSSR count). The number of rotatable bonds is 11. The van der Waals surface area contributed by atoms with Gasteiger partial charge in [-0.25, -0.2) is 4.79 Å². The molecule has 2 atom stereocenters. The highest BCUT2D eigenvalue weighted by molar-refractivity contribution is 8.00. The summed E-state index contributed by atoms with van der Waals surface area (Å²) in [4.78, 5) is 15.5. The third kappa shape index (κ3) is 4.93. The average molecular weight is 442 g/mol. The predicted octanol–water partition coefficient (Wildman–Crippen LogP) is 5.14. The lowest BCUT2D eigenvalue weighted by atomic mass is 10.0. The molecule has 0 radical (unpaired) electrons. The lowest BCUT2D eigenvalue weighted by Gasteiger charge is -2.21. The van der Waals surface area contributed by atoms with E-state index >= 15 is 0 Å². The summed E-state index contributed by atoms with van der Waals surface area (Å²) in [5, 5.41) is 13.4. The molecule has 7 heteroatoms. The van der Waals surface area contributed by atoms with E-state index < -0.39 is 5.97 Å². The van der Waals surface area contributed by atoms with Crippen molar-refractivity contribution in [3.8, 4) is 5.75 Å². The van der Waals surface area contributed by atoms with E-state index in [2.05, 4.69) is 34.9 Å². The second-order valence-electron chi connectivity index (χ2n) is 8.13. The summed E-state index contributed by atoms with van der Waals surface area (Å²) in [5.74, 6) is 0.605. The van der Waals surface area contributed by atoms with E-state index in [0.29, 0.717) is 29.9 Å². The molecule has 0 saturated heterocycles. The van der Waals surface area contributed by atoms with E-state index in [0.717, 1.165) is 55.2 Å². The van der Waals surface area contributed by atoms with Crippen LogP contribution in [0.4, 0.5) is 11.4 Å². The smallest absolute Gasteiger partial charge is 0.341 e. The summed E-state index contributed by atoms with van der Waals surface area (Å²) in [6, 6.07) is 12.0. The van der Waals surface area contributed by atoms with E-state index in [9.17, 15) is 9.90 Å². The molecule has 2 aromatic rings. The van der Waals surface area contributed by atoms with Gasteiger partial charge in [-0.15, -0.1) is 0 Å². The standard InChI is InChI=1S/C24H31N3O3S/c1-3-27(4-2)13-7-12-25-19-8-5-6-9-21(19)31-26-20-11-10-17-18-14-16(18)15-30-23(17)22(20)24(28)29/h5-6,8-11,16,18,25-26H,3-4,7,12-15H2,1-2H3,(H,28,29). The summed E-state index contributed by atoms with van der Waals surface area (Å²) in [6.07, 6.45) is 2.17. The molecule has 2 aliphatic rings. The highest BCUT2D eigenvalue weighted by Gasteiger charge is 2.45. The Morgan fingerprint density at radius 3 is 2.77 bits per heavy atom. The molecule has 0 bridgehead atoms. The van der Waals surface area contributed by atoms with Gasteiger partial charge in [-0.05, 0) is 74.1 Å². The molecule has 1 saturated carbocycles. The molecule has 1 aliphatic carbocycles. The molecule has 3 N–H and O–H groups in total. The van der Waals surface area contributed by atoms with Gasteiger partial charge in [0.1, 0.15) is 11.3 Å². The summed E-state index contributed by atoms with van der Waals surface area (Å²) in [5.41, 5.74) is 2.90. The Bertz CT molecular complexity index is 932. The van der Waals surface area contributed by atoms with Crippen LogP contribution < -0.4 is 14.8 Å². The minimum atomic E-state index is -0.957. The number of carboxylic acid groups (broad SMARTS) is 1. The van der Waals surface area contributed by atoms with Crippen molar-refractivity contribution in [3.05, 3.63) is 47.5 Å². The van der Waals surface area contributed by atoms with Crippen LogP contribution in [0.3, 0.4) is 0 Å². The molecule has 2 unspecified atom stereocenters. The first-order valence-corrected chi connectivity index (χ1v) is 11.9. The summed E-state index contributed by atoms with van der Waals surface area (Å²) >= 11 is 1.43. The van der Waals surface area contributed by atoms with Crippen molar-refractivity contribution in [1.82, 2.24) is 4.90 Å². The molecule has 0 amide bonds. The van der Waals surface area contributed by atoms with Gasteiger partial charge in [0.15, 0.2) is 0 Å². The van der Waals surface area contributed by atoms with Gasteiger partial charge in [0.05, 0.1) is 17.2 Å². The van der Waals surface area contributed by atoms with Crippen LogP contribution >= 0.6 is 11.9 Å². The number of anilines is 2. The number of ether oxygens (including phenoxy) is 1. The first kappa shape index (κ1) is 21.8. The van der Waals surface area contributed by atoms with E-state index in [1.54, 1.807) is 0 Å². The van der Waals surface area contributed by atoms with E-state index in [4.69, 9.17) is 4.74 Å². The van der Waals surface area contributed by atoms with Crippen LogP contribution in [0.25, 0.3) is 0 Å². The van der Waals surface area contributed by atoms with Gasteiger partial charge in [-0.2, -0.15) is 0 Å². The number of carboxylic acids is 1. The van der Waals surface area contributed by atoms with E-state index in [1.807, 2.05) is 30.3 Å². The fourth-order valence-corrected chi connectivity index (χ4v) is 5.01. The maximum absolute atomic E-state index is 12.0. The molecule has 2 aromatic carbocycles. The Morgan fingerprint density at radius 2 is 2.00 bits per heavy atom. The first-order chi connectivity index (χ1) is 15.1. The highest BCUT2D eigenvalue weighted by Crippen LogP contribution is 2.55. The van der Waals surface area contributed by atoms with Crippen molar-refractivity contribution in [2.75, 3.05) is 42.8 Å². The average Bonchev–Trinajstić information content (AvgIpc) is 3.58. The van der Waals surface area contributed by atoms with Gasteiger partial charge in [0.2, 0.25) is 0 Å². The Hall–Kier alpha value is -2.38. The Kier molecular flexibility index (Phi) is 6.92. The van der Waals surface area contributed by atoms with Crippen LogP contribution in [0, 0.1) is 5.92 Å². The zero-order valence-corrected chi connectivity index (χ0v) is 19.0. The van der Waals surface area contributed by atoms with Crippen molar-refractivity contribution >= 4 is 29.3 Å². The first-order valence-electron chi connectivity index (χ1n) is 11.1. The molecule has 0 spiro atoms. The molecule has 6 nitrogen and oxygen atoms in total. The van der Waals surface area contributed by atoms with Crippen LogP contribution in [-0.4, -0.2) is 48.8 Å². The van der Waals surface area contributed by atoms with Crippen LogP contribution in [0.2, 0.25) is 0 Å². The molecular formula is C24H31N3O3S. The number of aromatic carboxylic acids is 1. The number of nitrogens with one attached hydrogen (secondary N) is 2. The van der Waals surface area contributed by atoms with Gasteiger partial charge in [0, 0.05) is 18.2 Å². The topological polar surface area (TPSA) is 73.8 Å². The van der Waals surface area contributed by atoms with Gasteiger partial charge >= 0.3 is 5.97 Å². The molecular weight excluding hydrogens is 410 g/mol. The minimum Gasteiger partial charge on any atom is -0.492 e. The molecule has 1 heterocycles. The number of hydrogen-bond acceptors (Lipinski definition) is 6. The molecule has 166 valence electrons. The zero-order chi connectivity index (χ0) is 21.8. The van der Waals surface area contributed by atoms with Crippen LogP contribution in [0.1, 0.15) is 48.5 Å². The van der Waals surface area contributed by atoms with E-state index in [-0.39, 0.29) is 5.56 Å². The fourth-order valence-electron chi connectivity index (χ4n) is 4.22.